The van der Waals surface area contributed by atoms with Gasteiger partial charge in [0, 0.05) is 17.8 Å². The topological polar surface area (TPSA) is 55.8 Å². The summed E-state index contributed by atoms with van der Waals surface area (Å²) in [4.78, 5) is 12.3. The zero-order valence-corrected chi connectivity index (χ0v) is 21.1. The maximum Gasteiger partial charge on any atom is 0.231 e. The number of carbonyl (C=O) groups excluding carboxylic acids is 1. The molecule has 5 aliphatic rings. The van der Waals surface area contributed by atoms with Crippen LogP contribution in [0.2, 0.25) is 0 Å². The lowest BCUT2D eigenvalue weighted by Crippen LogP contribution is -2.50. The van der Waals surface area contributed by atoms with Gasteiger partial charge in [0.1, 0.15) is 0 Å². The lowest BCUT2D eigenvalue weighted by molar-refractivity contribution is -0.114. The summed E-state index contributed by atoms with van der Waals surface area (Å²) in [6.45, 7) is 4.84. The summed E-state index contributed by atoms with van der Waals surface area (Å²) >= 11 is 0. The Kier molecular flexibility index (Phi) is 5.71. The van der Waals surface area contributed by atoms with Gasteiger partial charge >= 0.3 is 0 Å². The maximum absolute atomic E-state index is 12.3. The molecule has 1 aliphatic heterocycles. The van der Waals surface area contributed by atoms with Crippen LogP contribution >= 0.6 is 0 Å². The SMILES string of the molecule is CCCCC=C[C@]1(O)CC[C@H]2[C@@H]3CCC4=CC(=O)CCC4=C3[C@@H](c3ccc4c(c3)OCO4)C[C@@]21C. The Balaban J connectivity index is 1.46. The molecule has 6 rings (SSSR count). The van der Waals surface area contributed by atoms with Crippen molar-refractivity contribution in [2.24, 2.45) is 17.3 Å². The van der Waals surface area contributed by atoms with Crippen LogP contribution in [0.5, 0.6) is 11.5 Å². The Morgan fingerprint density at radius 3 is 2.86 bits per heavy atom. The molecule has 0 aromatic heterocycles. The van der Waals surface area contributed by atoms with Gasteiger partial charge in [-0.05, 0) is 91.7 Å². The van der Waals surface area contributed by atoms with Crippen LogP contribution in [-0.4, -0.2) is 23.3 Å². The summed E-state index contributed by atoms with van der Waals surface area (Å²) in [5.74, 6) is 3.06. The molecule has 4 nitrogen and oxygen atoms in total. The van der Waals surface area contributed by atoms with Crippen molar-refractivity contribution in [3.05, 3.63) is 58.7 Å². The Morgan fingerprint density at radius 1 is 1.14 bits per heavy atom. The van der Waals surface area contributed by atoms with Crippen molar-refractivity contribution in [2.75, 3.05) is 6.79 Å². The highest BCUT2D eigenvalue weighted by atomic mass is 16.7. The number of ketones is 1. The van der Waals surface area contributed by atoms with Gasteiger partial charge in [-0.3, -0.25) is 4.79 Å². The van der Waals surface area contributed by atoms with E-state index in [0.717, 1.165) is 56.4 Å². The predicted octanol–water partition coefficient (Wildman–Crippen LogP) is 6.79. The zero-order chi connectivity index (χ0) is 24.2. The van der Waals surface area contributed by atoms with Crippen molar-refractivity contribution in [3.8, 4) is 11.5 Å². The van der Waals surface area contributed by atoms with Crippen LogP contribution in [-0.2, 0) is 4.79 Å². The van der Waals surface area contributed by atoms with E-state index in [0.29, 0.717) is 18.3 Å². The largest absolute Gasteiger partial charge is 0.454 e. The van der Waals surface area contributed by atoms with Crippen LogP contribution in [0.3, 0.4) is 0 Å². The monoisotopic (exact) mass is 474 g/mol. The first-order valence-corrected chi connectivity index (χ1v) is 13.7. The molecule has 186 valence electrons. The van der Waals surface area contributed by atoms with Crippen molar-refractivity contribution in [1.82, 2.24) is 0 Å². The minimum atomic E-state index is -0.769. The molecule has 1 heterocycles. The molecule has 0 radical (unpaired) electrons. The van der Waals surface area contributed by atoms with Crippen molar-refractivity contribution in [2.45, 2.75) is 89.6 Å². The number of unbranched alkanes of at least 4 members (excludes halogenated alkanes) is 2. The predicted molar refractivity (Wildman–Crippen MR) is 136 cm³/mol. The number of ether oxygens (including phenoxy) is 2. The van der Waals surface area contributed by atoms with Gasteiger partial charge in [0.15, 0.2) is 17.3 Å². The summed E-state index contributed by atoms with van der Waals surface area (Å²) in [6, 6.07) is 6.41. The second kappa shape index (κ2) is 8.65. The van der Waals surface area contributed by atoms with E-state index in [-0.39, 0.29) is 23.9 Å². The third-order valence-electron chi connectivity index (χ3n) is 9.87. The quantitative estimate of drug-likeness (QED) is 0.377. The average Bonchev–Trinajstić information content (AvgIpc) is 3.43. The highest BCUT2D eigenvalue weighted by Gasteiger charge is 2.62. The standard InChI is InChI=1S/C31H38O4/c1-3-4-5-6-14-31(33)15-13-26-24-10-7-20-16-22(32)9-11-23(20)29(24)25(18-30(26,31)2)21-8-12-27-28(17-21)35-19-34-27/h6,8,12,14,16-17,24-26,33H,3-5,7,9-11,13,15,18-19H2,1-2H3/t24-,25+,26-,30-,31-/m0/s1. The zero-order valence-electron chi connectivity index (χ0n) is 21.1. The van der Waals surface area contributed by atoms with Gasteiger partial charge in [-0.1, -0.05) is 50.5 Å². The molecule has 0 unspecified atom stereocenters. The molecule has 5 atom stereocenters. The van der Waals surface area contributed by atoms with Crippen molar-refractivity contribution >= 4 is 5.78 Å². The van der Waals surface area contributed by atoms with E-state index < -0.39 is 5.60 Å². The highest BCUT2D eigenvalue weighted by molar-refractivity contribution is 5.93. The second-order valence-corrected chi connectivity index (χ2v) is 11.6. The van der Waals surface area contributed by atoms with Crippen molar-refractivity contribution < 1.29 is 19.4 Å². The Morgan fingerprint density at radius 2 is 2.00 bits per heavy atom. The number of benzene rings is 1. The van der Waals surface area contributed by atoms with E-state index in [2.05, 4.69) is 38.1 Å². The molecule has 0 saturated heterocycles. The van der Waals surface area contributed by atoms with Crippen LogP contribution in [0.1, 0.15) is 89.5 Å². The van der Waals surface area contributed by atoms with E-state index in [1.54, 1.807) is 5.57 Å². The molecule has 4 heteroatoms. The van der Waals surface area contributed by atoms with E-state index in [1.165, 1.54) is 29.6 Å². The van der Waals surface area contributed by atoms with Crippen LogP contribution in [0.25, 0.3) is 0 Å². The van der Waals surface area contributed by atoms with Gasteiger partial charge in [-0.25, -0.2) is 0 Å². The van der Waals surface area contributed by atoms with E-state index in [1.807, 2.05) is 12.1 Å². The normalized spacial score (nSPS) is 35.7. The number of allylic oxidation sites excluding steroid dienone is 5. The first-order chi connectivity index (χ1) is 16.9. The third kappa shape index (κ3) is 3.63. The Bertz CT molecular complexity index is 1130. The van der Waals surface area contributed by atoms with Gasteiger partial charge < -0.3 is 14.6 Å². The molecule has 4 aliphatic carbocycles. The fourth-order valence-corrected chi connectivity index (χ4v) is 8.00. The van der Waals surface area contributed by atoms with Gasteiger partial charge in [0.25, 0.3) is 0 Å². The lowest BCUT2D eigenvalue weighted by atomic mass is 9.51. The number of hydrogen-bond acceptors (Lipinski definition) is 4. The number of hydrogen-bond donors (Lipinski definition) is 1. The third-order valence-corrected chi connectivity index (χ3v) is 9.87. The molecule has 35 heavy (non-hydrogen) atoms. The number of rotatable bonds is 5. The summed E-state index contributed by atoms with van der Waals surface area (Å²) in [6.07, 6.45) is 16.1. The van der Waals surface area contributed by atoms with Crippen molar-refractivity contribution in [1.29, 1.82) is 0 Å². The average molecular weight is 475 g/mol. The molecule has 1 aromatic rings. The fraction of sp³-hybridized carbons (Fsp3) is 0.581. The van der Waals surface area contributed by atoms with E-state index >= 15 is 0 Å². The molecular formula is C31H38O4. The van der Waals surface area contributed by atoms with Gasteiger partial charge in [-0.15, -0.1) is 0 Å². The smallest absolute Gasteiger partial charge is 0.231 e. The molecular weight excluding hydrogens is 436 g/mol. The number of carbonyl (C=O) groups is 1. The number of aliphatic hydroxyl groups is 1. The minimum Gasteiger partial charge on any atom is -0.454 e. The molecule has 2 saturated carbocycles. The lowest BCUT2D eigenvalue weighted by Gasteiger charge is -2.54. The first-order valence-electron chi connectivity index (χ1n) is 13.7. The highest BCUT2D eigenvalue weighted by Crippen LogP contribution is 2.67. The van der Waals surface area contributed by atoms with E-state index in [9.17, 15) is 9.90 Å². The van der Waals surface area contributed by atoms with Gasteiger partial charge in [-0.2, -0.15) is 0 Å². The van der Waals surface area contributed by atoms with Crippen LogP contribution in [0.15, 0.2) is 53.1 Å². The molecule has 1 aromatic carbocycles. The molecule has 0 bridgehead atoms. The fourth-order valence-electron chi connectivity index (χ4n) is 8.00. The summed E-state index contributed by atoms with van der Waals surface area (Å²) in [7, 11) is 0. The molecule has 0 amide bonds. The van der Waals surface area contributed by atoms with Crippen LogP contribution in [0.4, 0.5) is 0 Å². The summed E-state index contributed by atoms with van der Waals surface area (Å²) in [5.41, 5.74) is 4.57. The van der Waals surface area contributed by atoms with Crippen LogP contribution < -0.4 is 9.47 Å². The molecule has 2 fully saturated rings. The maximum atomic E-state index is 12.3. The molecule has 0 spiro atoms. The summed E-state index contributed by atoms with van der Waals surface area (Å²) in [5, 5.41) is 12.1. The minimum absolute atomic E-state index is 0.183. The van der Waals surface area contributed by atoms with Crippen molar-refractivity contribution in [3.63, 3.8) is 0 Å². The van der Waals surface area contributed by atoms with Gasteiger partial charge in [0.05, 0.1) is 5.60 Å². The molecule has 1 N–H and O–H groups in total. The summed E-state index contributed by atoms with van der Waals surface area (Å²) < 4.78 is 11.4. The first kappa shape index (κ1) is 23.1. The Labute approximate surface area is 209 Å². The second-order valence-electron chi connectivity index (χ2n) is 11.6. The van der Waals surface area contributed by atoms with Crippen LogP contribution in [0, 0.1) is 17.3 Å². The van der Waals surface area contributed by atoms with Gasteiger partial charge in [0.2, 0.25) is 6.79 Å². The Hall–Kier alpha value is -2.33. The number of fused-ring (bicyclic) bond motifs is 5. The van der Waals surface area contributed by atoms with E-state index in [4.69, 9.17) is 9.47 Å².